The van der Waals surface area contributed by atoms with E-state index in [1.54, 1.807) is 36.9 Å². The SMILES string of the molecule is Cc1cccc(-n2c(O)c(C=Nc3cc4c(cc3N3CCOCC3)n(C)c(=O)n4C)c(=O)[nH]c2=O)c1C. The predicted octanol–water partition coefficient (Wildman–Crippen LogP) is 1.63. The molecule has 11 nitrogen and oxygen atoms in total. The molecule has 1 aliphatic rings. The van der Waals surface area contributed by atoms with Crippen LogP contribution in [0.2, 0.25) is 0 Å². The molecule has 11 heteroatoms. The average molecular weight is 505 g/mol. The normalized spacial score (nSPS) is 14.2. The fourth-order valence-electron chi connectivity index (χ4n) is 4.67. The van der Waals surface area contributed by atoms with Crippen molar-refractivity contribution in [1.29, 1.82) is 0 Å². The highest BCUT2D eigenvalue weighted by Crippen LogP contribution is 2.34. The van der Waals surface area contributed by atoms with Crippen molar-refractivity contribution in [2.75, 3.05) is 31.2 Å². The van der Waals surface area contributed by atoms with E-state index in [2.05, 4.69) is 14.9 Å². The van der Waals surface area contributed by atoms with Crippen LogP contribution in [0.5, 0.6) is 5.88 Å². The third kappa shape index (κ3) is 4.06. The molecule has 2 aromatic carbocycles. The number of benzene rings is 2. The highest BCUT2D eigenvalue weighted by molar-refractivity contribution is 5.92. The standard InChI is InChI=1S/C26H28N6O5/c1-15-6-5-7-19(16(15)2)32-24(34)17(23(33)28-25(32)35)14-27-18-12-21-22(30(4)26(36)29(21)3)13-20(18)31-8-10-37-11-9-31/h5-7,12-14,34H,8-11H2,1-4H3,(H,28,33,35). The number of fused-ring (bicyclic) bond motifs is 1. The summed E-state index contributed by atoms with van der Waals surface area (Å²) in [6.07, 6.45) is 1.25. The van der Waals surface area contributed by atoms with Crippen LogP contribution in [0.1, 0.15) is 16.7 Å². The second-order valence-electron chi connectivity index (χ2n) is 9.14. The molecule has 3 heterocycles. The molecule has 1 saturated heterocycles. The first-order valence-corrected chi connectivity index (χ1v) is 11.9. The van der Waals surface area contributed by atoms with E-state index in [9.17, 15) is 19.5 Å². The lowest BCUT2D eigenvalue weighted by molar-refractivity contribution is 0.123. The minimum atomic E-state index is -0.756. The van der Waals surface area contributed by atoms with Crippen LogP contribution in [0.3, 0.4) is 0 Å². The summed E-state index contributed by atoms with van der Waals surface area (Å²) in [5.41, 5.74) is 3.06. The Morgan fingerprint density at radius 3 is 2.38 bits per heavy atom. The summed E-state index contributed by atoms with van der Waals surface area (Å²) in [5, 5.41) is 11.0. The molecule has 1 aliphatic heterocycles. The third-order valence-electron chi connectivity index (χ3n) is 6.99. The average Bonchev–Trinajstić information content (AvgIpc) is 3.09. The van der Waals surface area contributed by atoms with Crippen molar-refractivity contribution in [2.24, 2.45) is 19.1 Å². The van der Waals surface area contributed by atoms with Gasteiger partial charge in [0.05, 0.1) is 41.3 Å². The Kier molecular flexibility index (Phi) is 6.08. The van der Waals surface area contributed by atoms with Crippen molar-refractivity contribution in [3.8, 4) is 11.6 Å². The lowest BCUT2D eigenvalue weighted by Crippen LogP contribution is -2.36. The van der Waals surface area contributed by atoms with Gasteiger partial charge in [-0.15, -0.1) is 0 Å². The van der Waals surface area contributed by atoms with Crippen LogP contribution in [-0.2, 0) is 18.8 Å². The maximum atomic E-state index is 12.7. The van der Waals surface area contributed by atoms with Crippen molar-refractivity contribution in [3.05, 3.63) is 78.3 Å². The number of hydrogen-bond acceptors (Lipinski definition) is 7. The Bertz CT molecular complexity index is 1730. The maximum Gasteiger partial charge on any atom is 0.335 e. The van der Waals surface area contributed by atoms with Crippen LogP contribution in [0.4, 0.5) is 11.4 Å². The Balaban J connectivity index is 1.69. The summed E-state index contributed by atoms with van der Waals surface area (Å²) in [6.45, 7) is 6.11. The smallest absolute Gasteiger partial charge is 0.335 e. The Hall–Kier alpha value is -4.38. The molecule has 0 radical (unpaired) electrons. The Labute approximate surface area is 211 Å². The molecule has 0 bridgehead atoms. The lowest BCUT2D eigenvalue weighted by Gasteiger charge is -2.30. The number of H-pyrrole nitrogens is 1. The van der Waals surface area contributed by atoms with Crippen LogP contribution >= 0.6 is 0 Å². The number of aromatic nitrogens is 4. The fourth-order valence-corrected chi connectivity index (χ4v) is 4.67. The molecule has 0 atom stereocenters. The van der Waals surface area contributed by atoms with Crippen molar-refractivity contribution in [1.82, 2.24) is 18.7 Å². The van der Waals surface area contributed by atoms with Gasteiger partial charge in [-0.1, -0.05) is 12.1 Å². The van der Waals surface area contributed by atoms with Gasteiger partial charge < -0.3 is 14.7 Å². The van der Waals surface area contributed by atoms with Gasteiger partial charge in [0.1, 0.15) is 5.56 Å². The van der Waals surface area contributed by atoms with Gasteiger partial charge in [-0.05, 0) is 43.2 Å². The first-order valence-electron chi connectivity index (χ1n) is 11.9. The maximum absolute atomic E-state index is 12.7. The van der Waals surface area contributed by atoms with Gasteiger partial charge in [0.25, 0.3) is 5.56 Å². The second-order valence-corrected chi connectivity index (χ2v) is 9.14. The monoisotopic (exact) mass is 504 g/mol. The number of anilines is 1. The number of rotatable bonds is 4. The number of nitrogens with one attached hydrogen (secondary N) is 1. The topological polar surface area (TPSA) is 127 Å². The van der Waals surface area contributed by atoms with Crippen LogP contribution in [0.25, 0.3) is 16.7 Å². The molecule has 4 aromatic rings. The zero-order valence-corrected chi connectivity index (χ0v) is 21.1. The van der Waals surface area contributed by atoms with Gasteiger partial charge in [-0.3, -0.25) is 23.9 Å². The molecule has 5 rings (SSSR count). The quantitative estimate of drug-likeness (QED) is 0.407. The number of imidazole rings is 1. The van der Waals surface area contributed by atoms with Gasteiger partial charge in [-0.25, -0.2) is 14.2 Å². The molecule has 0 spiro atoms. The number of ether oxygens (including phenoxy) is 1. The first-order chi connectivity index (χ1) is 17.7. The van der Waals surface area contributed by atoms with Crippen molar-refractivity contribution >= 4 is 28.6 Å². The van der Waals surface area contributed by atoms with E-state index in [1.165, 1.54) is 10.8 Å². The predicted molar refractivity (Wildman–Crippen MR) is 142 cm³/mol. The van der Waals surface area contributed by atoms with Gasteiger partial charge in [-0.2, -0.15) is 0 Å². The summed E-state index contributed by atoms with van der Waals surface area (Å²) >= 11 is 0. The van der Waals surface area contributed by atoms with Gasteiger partial charge >= 0.3 is 11.4 Å². The molecular weight excluding hydrogens is 476 g/mol. The molecule has 2 N–H and O–H groups in total. The molecule has 37 heavy (non-hydrogen) atoms. The number of aliphatic imine (C=N–C) groups is 1. The lowest BCUT2D eigenvalue weighted by atomic mass is 10.1. The van der Waals surface area contributed by atoms with Crippen molar-refractivity contribution in [2.45, 2.75) is 13.8 Å². The molecule has 0 saturated carbocycles. The first kappa shape index (κ1) is 24.3. The minimum absolute atomic E-state index is 0.157. The van der Waals surface area contributed by atoms with E-state index in [0.29, 0.717) is 43.2 Å². The summed E-state index contributed by atoms with van der Waals surface area (Å²) in [5.74, 6) is -0.507. The zero-order valence-electron chi connectivity index (χ0n) is 21.1. The van der Waals surface area contributed by atoms with Crippen molar-refractivity contribution < 1.29 is 9.84 Å². The van der Waals surface area contributed by atoms with E-state index in [0.717, 1.165) is 26.9 Å². The van der Waals surface area contributed by atoms with Crippen LogP contribution in [0, 0.1) is 13.8 Å². The molecule has 0 amide bonds. The Morgan fingerprint density at radius 1 is 1.00 bits per heavy atom. The Morgan fingerprint density at radius 2 is 1.68 bits per heavy atom. The fraction of sp³-hybridized carbons (Fsp3) is 0.308. The summed E-state index contributed by atoms with van der Waals surface area (Å²) in [7, 11) is 3.40. The molecule has 0 unspecified atom stereocenters. The van der Waals surface area contributed by atoms with Crippen molar-refractivity contribution in [3.63, 3.8) is 0 Å². The number of hydrogen-bond donors (Lipinski definition) is 2. The van der Waals surface area contributed by atoms with Gasteiger partial charge in [0.15, 0.2) is 0 Å². The van der Waals surface area contributed by atoms with Crippen LogP contribution < -0.4 is 21.8 Å². The van der Waals surface area contributed by atoms with E-state index in [-0.39, 0.29) is 11.3 Å². The second kappa shape index (κ2) is 9.25. The van der Waals surface area contributed by atoms with E-state index < -0.39 is 17.1 Å². The minimum Gasteiger partial charge on any atom is -0.493 e. The van der Waals surface area contributed by atoms with Gasteiger partial charge in [0.2, 0.25) is 5.88 Å². The van der Waals surface area contributed by atoms with Crippen LogP contribution in [0.15, 0.2) is 49.7 Å². The molecule has 192 valence electrons. The zero-order chi connectivity index (χ0) is 26.4. The number of aryl methyl sites for hydroxylation is 3. The van der Waals surface area contributed by atoms with Crippen LogP contribution in [-0.4, -0.2) is 56.3 Å². The number of nitrogens with zero attached hydrogens (tertiary/aromatic N) is 5. The molecule has 2 aromatic heterocycles. The summed E-state index contributed by atoms with van der Waals surface area (Å²) in [4.78, 5) is 46.9. The number of aromatic amines is 1. The summed E-state index contributed by atoms with van der Waals surface area (Å²) in [6, 6.07) is 9.05. The highest BCUT2D eigenvalue weighted by atomic mass is 16.5. The highest BCUT2D eigenvalue weighted by Gasteiger charge is 2.20. The molecule has 1 fully saturated rings. The van der Waals surface area contributed by atoms with E-state index in [4.69, 9.17) is 4.74 Å². The largest absolute Gasteiger partial charge is 0.493 e. The molecular formula is C26H28N6O5. The number of aromatic hydroxyl groups is 1. The van der Waals surface area contributed by atoms with Gasteiger partial charge in [0, 0.05) is 33.4 Å². The third-order valence-corrected chi connectivity index (χ3v) is 6.99. The summed E-state index contributed by atoms with van der Waals surface area (Å²) < 4.78 is 9.66. The van der Waals surface area contributed by atoms with E-state index >= 15 is 0 Å². The number of morpholine rings is 1. The molecule has 0 aliphatic carbocycles. The van der Waals surface area contributed by atoms with E-state index in [1.807, 2.05) is 26.0 Å².